The maximum atomic E-state index is 12.1. The molecule has 0 fully saturated rings. The highest BCUT2D eigenvalue weighted by Gasteiger charge is 2.43. The first kappa shape index (κ1) is 15.6. The Morgan fingerprint density at radius 2 is 1.85 bits per heavy atom. The average Bonchev–Trinajstić information content (AvgIpc) is 2.66. The molecule has 1 aliphatic heterocycles. The third-order valence-electron chi connectivity index (χ3n) is 3.75. The summed E-state index contributed by atoms with van der Waals surface area (Å²) in [5.41, 5.74) is 1.17. The molecule has 1 amide bonds. The van der Waals surface area contributed by atoms with Crippen LogP contribution >= 0.6 is 27.7 Å². The van der Waals surface area contributed by atoms with Crippen LogP contribution in [0.5, 0.6) is 0 Å². The average molecular weight is 355 g/mol. The first-order valence-corrected chi connectivity index (χ1v) is 8.28. The van der Waals surface area contributed by atoms with Crippen molar-refractivity contribution in [3.8, 4) is 0 Å². The van der Waals surface area contributed by atoms with Crippen molar-refractivity contribution in [1.82, 2.24) is 5.32 Å². The molecular formula is C15H19BrN2OS. The minimum Gasteiger partial charge on any atom is -0.358 e. The number of carbonyl (C=O) groups excluding carboxylic acids is 1. The van der Waals surface area contributed by atoms with Gasteiger partial charge in [-0.1, -0.05) is 53.7 Å². The molecule has 0 aliphatic carbocycles. The van der Waals surface area contributed by atoms with Gasteiger partial charge < -0.3 is 5.32 Å². The molecule has 20 heavy (non-hydrogen) atoms. The Morgan fingerprint density at radius 1 is 1.25 bits per heavy atom. The summed E-state index contributed by atoms with van der Waals surface area (Å²) < 4.78 is 0.616. The van der Waals surface area contributed by atoms with Crippen LogP contribution < -0.4 is 5.32 Å². The van der Waals surface area contributed by atoms with Gasteiger partial charge in [-0.15, -0.1) is 0 Å². The normalized spacial score (nSPS) is 23.9. The second kappa shape index (κ2) is 5.90. The van der Waals surface area contributed by atoms with Crippen molar-refractivity contribution in [1.29, 1.82) is 0 Å². The highest BCUT2D eigenvalue weighted by atomic mass is 79.9. The van der Waals surface area contributed by atoms with Crippen LogP contribution in [-0.4, -0.2) is 15.8 Å². The van der Waals surface area contributed by atoms with Crippen molar-refractivity contribution in [2.24, 2.45) is 10.9 Å². The van der Waals surface area contributed by atoms with Crippen molar-refractivity contribution in [2.75, 3.05) is 0 Å². The number of aliphatic imine (C=N–C) groups is 1. The summed E-state index contributed by atoms with van der Waals surface area (Å²) in [7, 11) is 0. The number of amidine groups is 1. The van der Waals surface area contributed by atoms with Crippen LogP contribution in [0.4, 0.5) is 0 Å². The number of rotatable bonds is 3. The maximum Gasteiger partial charge on any atom is 0.264 e. The van der Waals surface area contributed by atoms with Gasteiger partial charge in [0.1, 0.15) is 4.75 Å². The van der Waals surface area contributed by atoms with Gasteiger partial charge in [0.25, 0.3) is 5.91 Å². The number of hydrogen-bond acceptors (Lipinski definition) is 3. The SMILES string of the molecule is CC(C)C1(C)SC(N[C@@H](C)c2ccc(Br)cc2)=NC1=O. The van der Waals surface area contributed by atoms with Crippen LogP contribution in [0.1, 0.15) is 39.3 Å². The number of nitrogens with one attached hydrogen (secondary N) is 1. The minimum atomic E-state index is -0.443. The van der Waals surface area contributed by atoms with E-state index in [1.165, 1.54) is 17.3 Å². The van der Waals surface area contributed by atoms with E-state index in [2.05, 4.69) is 59.1 Å². The number of amides is 1. The molecule has 3 nitrogen and oxygen atoms in total. The molecule has 0 bridgehead atoms. The van der Waals surface area contributed by atoms with Gasteiger partial charge in [0.2, 0.25) is 0 Å². The lowest BCUT2D eigenvalue weighted by molar-refractivity contribution is -0.120. The van der Waals surface area contributed by atoms with Crippen molar-refractivity contribution >= 4 is 38.8 Å². The number of thioether (sulfide) groups is 1. The van der Waals surface area contributed by atoms with Gasteiger partial charge in [-0.25, -0.2) is 0 Å². The molecule has 1 aromatic carbocycles. The second-order valence-corrected chi connectivity index (χ2v) is 7.86. The number of halogens is 1. The largest absolute Gasteiger partial charge is 0.358 e. The Labute approximate surface area is 132 Å². The molecular weight excluding hydrogens is 336 g/mol. The van der Waals surface area contributed by atoms with E-state index in [4.69, 9.17) is 0 Å². The van der Waals surface area contributed by atoms with E-state index in [1.54, 1.807) is 0 Å². The standard InChI is InChI=1S/C15H19BrN2OS/c1-9(2)15(4)13(19)18-14(20-15)17-10(3)11-5-7-12(16)8-6-11/h5-10H,1-4H3,(H,17,18,19)/t10-,15?/m0/s1. The third-order valence-corrected chi connectivity index (χ3v) is 5.75. The number of carbonyl (C=O) groups is 1. The van der Waals surface area contributed by atoms with E-state index in [-0.39, 0.29) is 17.9 Å². The van der Waals surface area contributed by atoms with Gasteiger partial charge in [-0.3, -0.25) is 4.79 Å². The summed E-state index contributed by atoms with van der Waals surface area (Å²) in [6, 6.07) is 8.27. The predicted molar refractivity (Wildman–Crippen MR) is 89.0 cm³/mol. The van der Waals surface area contributed by atoms with Crippen molar-refractivity contribution in [3.63, 3.8) is 0 Å². The number of benzene rings is 1. The smallest absolute Gasteiger partial charge is 0.264 e. The fourth-order valence-corrected chi connectivity index (χ4v) is 3.32. The maximum absolute atomic E-state index is 12.1. The lowest BCUT2D eigenvalue weighted by Gasteiger charge is -2.24. The number of nitrogens with zero attached hydrogens (tertiary/aromatic N) is 1. The lowest BCUT2D eigenvalue weighted by atomic mass is 9.96. The van der Waals surface area contributed by atoms with Crippen molar-refractivity contribution in [3.05, 3.63) is 34.3 Å². The van der Waals surface area contributed by atoms with Gasteiger partial charge >= 0.3 is 0 Å². The Morgan fingerprint density at radius 3 is 2.35 bits per heavy atom. The molecule has 0 saturated heterocycles. The molecule has 0 aromatic heterocycles. The van der Waals surface area contributed by atoms with Gasteiger partial charge in [0, 0.05) is 4.47 Å². The molecule has 108 valence electrons. The van der Waals surface area contributed by atoms with E-state index < -0.39 is 4.75 Å². The summed E-state index contributed by atoms with van der Waals surface area (Å²) in [6.45, 7) is 8.15. The highest BCUT2D eigenvalue weighted by molar-refractivity contribution is 9.10. The van der Waals surface area contributed by atoms with Crippen LogP contribution in [0.15, 0.2) is 33.7 Å². The Balaban J connectivity index is 2.06. The molecule has 0 radical (unpaired) electrons. The zero-order valence-corrected chi connectivity index (χ0v) is 14.5. The molecule has 1 unspecified atom stereocenters. The van der Waals surface area contributed by atoms with Crippen molar-refractivity contribution in [2.45, 2.75) is 38.5 Å². The highest BCUT2D eigenvalue weighted by Crippen LogP contribution is 2.39. The summed E-state index contributed by atoms with van der Waals surface area (Å²) in [6.07, 6.45) is 0. The minimum absolute atomic E-state index is 0.0389. The van der Waals surface area contributed by atoms with Gasteiger partial charge in [0.05, 0.1) is 6.04 Å². The predicted octanol–water partition coefficient (Wildman–Crippen LogP) is 4.14. The summed E-state index contributed by atoms with van der Waals surface area (Å²) >= 11 is 4.96. The molecule has 5 heteroatoms. The van der Waals surface area contributed by atoms with Gasteiger partial charge in [-0.05, 0) is 37.5 Å². The molecule has 1 aromatic rings. The summed E-state index contributed by atoms with van der Waals surface area (Å²) in [5, 5.41) is 4.06. The van der Waals surface area contributed by atoms with Crippen LogP contribution in [0.25, 0.3) is 0 Å². The molecule has 1 N–H and O–H groups in total. The van der Waals surface area contributed by atoms with E-state index in [1.807, 2.05) is 19.1 Å². The molecule has 2 atom stereocenters. The Kier molecular flexibility index (Phi) is 4.59. The number of hydrogen-bond donors (Lipinski definition) is 1. The van der Waals surface area contributed by atoms with Gasteiger partial charge in [0.15, 0.2) is 5.17 Å². The molecule has 2 rings (SSSR count). The van der Waals surface area contributed by atoms with Crippen LogP contribution in [-0.2, 0) is 4.79 Å². The summed E-state index contributed by atoms with van der Waals surface area (Å²) in [4.78, 5) is 16.2. The topological polar surface area (TPSA) is 41.5 Å². The zero-order valence-electron chi connectivity index (χ0n) is 12.1. The van der Waals surface area contributed by atoms with Crippen LogP contribution in [0.2, 0.25) is 0 Å². The van der Waals surface area contributed by atoms with Crippen molar-refractivity contribution < 1.29 is 4.79 Å². The summed E-state index contributed by atoms with van der Waals surface area (Å²) in [5.74, 6) is 0.217. The molecule has 1 aliphatic rings. The van der Waals surface area contributed by atoms with E-state index in [9.17, 15) is 4.79 Å². The monoisotopic (exact) mass is 354 g/mol. The third kappa shape index (κ3) is 3.09. The Bertz CT molecular complexity index is 541. The van der Waals surface area contributed by atoms with E-state index in [0.29, 0.717) is 0 Å². The molecule has 0 saturated carbocycles. The Hall–Kier alpha value is -0.810. The molecule has 0 spiro atoms. The second-order valence-electron chi connectivity index (χ2n) is 5.50. The van der Waals surface area contributed by atoms with Crippen LogP contribution in [0, 0.1) is 5.92 Å². The fraction of sp³-hybridized carbons (Fsp3) is 0.467. The first-order valence-electron chi connectivity index (χ1n) is 6.67. The first-order chi connectivity index (χ1) is 9.33. The van der Waals surface area contributed by atoms with E-state index >= 15 is 0 Å². The zero-order chi connectivity index (χ0) is 14.9. The van der Waals surface area contributed by atoms with Gasteiger partial charge in [-0.2, -0.15) is 4.99 Å². The molecule has 1 heterocycles. The fourth-order valence-electron chi connectivity index (χ4n) is 1.92. The van der Waals surface area contributed by atoms with E-state index in [0.717, 1.165) is 9.64 Å². The van der Waals surface area contributed by atoms with Crippen LogP contribution in [0.3, 0.4) is 0 Å². The lowest BCUT2D eigenvalue weighted by Crippen LogP contribution is -2.34. The quantitative estimate of drug-likeness (QED) is 0.886.